The third-order valence-electron chi connectivity index (χ3n) is 10.0. The Balaban J connectivity index is 3.65. The van der Waals surface area contributed by atoms with Crippen molar-refractivity contribution in [1.82, 2.24) is 16.0 Å². The summed E-state index contributed by atoms with van der Waals surface area (Å²) >= 11 is 0. The lowest BCUT2D eigenvalue weighted by molar-refractivity contribution is -0.130. The van der Waals surface area contributed by atoms with Gasteiger partial charge >= 0.3 is 0 Å². The van der Waals surface area contributed by atoms with E-state index in [0.29, 0.717) is 165 Å². The van der Waals surface area contributed by atoms with E-state index in [1.165, 1.54) is 51.4 Å². The van der Waals surface area contributed by atoms with Crippen LogP contribution in [-0.2, 0) is 66.5 Å². The molecule has 18 nitrogen and oxygen atoms in total. The van der Waals surface area contributed by atoms with Gasteiger partial charge in [0.05, 0.1) is 145 Å². The zero-order valence-corrected chi connectivity index (χ0v) is 42.0. The number of allylic oxidation sites excluding steroid dienone is 2. The average Bonchev–Trinajstić information content (AvgIpc) is 3.33. The lowest BCUT2D eigenvalue weighted by atomic mass is 10.1. The van der Waals surface area contributed by atoms with Crippen molar-refractivity contribution in [3.63, 3.8) is 0 Å². The molecule has 0 aliphatic carbocycles. The normalized spacial score (nSPS) is 12.0. The maximum absolute atomic E-state index is 12.9. The van der Waals surface area contributed by atoms with E-state index in [0.717, 1.165) is 38.5 Å². The highest BCUT2D eigenvalue weighted by atomic mass is 16.6. The van der Waals surface area contributed by atoms with Crippen molar-refractivity contribution in [3.05, 3.63) is 12.2 Å². The molecule has 0 aromatic rings. The number of amides is 3. The van der Waals surface area contributed by atoms with Gasteiger partial charge in [0.15, 0.2) is 0 Å². The largest absolute Gasteiger partial charge is 0.382 e. The van der Waals surface area contributed by atoms with Crippen LogP contribution in [0.2, 0.25) is 0 Å². The van der Waals surface area contributed by atoms with E-state index in [-0.39, 0.29) is 24.9 Å². The van der Waals surface area contributed by atoms with Crippen molar-refractivity contribution < 1.29 is 66.5 Å². The summed E-state index contributed by atoms with van der Waals surface area (Å²) in [6.07, 6.45) is 22.5. The molecule has 0 bridgehead atoms. The number of hydrogen-bond acceptors (Lipinski definition) is 15. The van der Waals surface area contributed by atoms with Crippen LogP contribution in [0.3, 0.4) is 0 Å². The summed E-state index contributed by atoms with van der Waals surface area (Å²) in [5.74, 6) is -0.846. The third-order valence-corrected chi connectivity index (χ3v) is 10.0. The first-order valence-corrected chi connectivity index (χ1v) is 25.5. The van der Waals surface area contributed by atoms with Crippen molar-refractivity contribution in [1.29, 1.82) is 0 Å². The molecule has 0 aromatic heterocycles. The molecule has 0 radical (unpaired) electrons. The lowest BCUT2D eigenvalue weighted by Crippen LogP contribution is -2.50. The summed E-state index contributed by atoms with van der Waals surface area (Å²) in [6.45, 7) is 12.9. The molecule has 0 saturated heterocycles. The summed E-state index contributed by atoms with van der Waals surface area (Å²) in [4.78, 5) is 37.8. The molecule has 0 aliphatic rings. The van der Waals surface area contributed by atoms with Crippen molar-refractivity contribution in [2.75, 3.05) is 165 Å². The Hall–Kier alpha value is -2.33. The third kappa shape index (κ3) is 52.9. The van der Waals surface area contributed by atoms with E-state index < -0.39 is 11.9 Å². The fourth-order valence-electron chi connectivity index (χ4n) is 6.22. The van der Waals surface area contributed by atoms with Gasteiger partial charge in [-0.1, -0.05) is 70.4 Å². The Bertz CT molecular complexity index is 1080. The molecular weight excluding hydrogens is 869 g/mol. The number of hydrogen-bond donors (Lipinski definition) is 4. The van der Waals surface area contributed by atoms with Gasteiger partial charge in [0.25, 0.3) is 0 Å². The number of unbranched alkanes of at least 4 members (excludes halogenated alkanes) is 12. The van der Waals surface area contributed by atoms with Crippen LogP contribution in [0.1, 0.15) is 116 Å². The van der Waals surface area contributed by atoms with E-state index in [1.54, 1.807) is 7.11 Å². The van der Waals surface area contributed by atoms with E-state index in [2.05, 4.69) is 35.0 Å². The number of nitrogens with two attached hydrogens (primary N) is 1. The standard InChI is InChI=1S/C49H96N4O14/c1-3-4-5-6-7-8-9-10-11-12-13-14-15-16-17-21-47(54)52-45-48(55)53-46(20-18-19-22-50)49(56)51-23-24-58-27-28-60-31-32-62-35-36-64-39-40-66-43-44-67-42-41-65-38-37-63-34-33-61-30-29-59-26-25-57-2/h10-11,46H,3-9,12-45,50H2,1-2H3,(H,51,56)(H,52,54)(H,53,55)/b11-10-. The van der Waals surface area contributed by atoms with Crippen LogP contribution >= 0.6 is 0 Å². The molecule has 18 heteroatoms. The zero-order chi connectivity index (χ0) is 48.6. The van der Waals surface area contributed by atoms with Crippen molar-refractivity contribution >= 4 is 17.7 Å². The van der Waals surface area contributed by atoms with Gasteiger partial charge in [0, 0.05) is 20.1 Å². The monoisotopic (exact) mass is 965 g/mol. The van der Waals surface area contributed by atoms with Gasteiger partial charge in [-0.2, -0.15) is 0 Å². The molecule has 5 N–H and O–H groups in total. The van der Waals surface area contributed by atoms with Gasteiger partial charge in [0.1, 0.15) is 6.04 Å². The van der Waals surface area contributed by atoms with Gasteiger partial charge < -0.3 is 73.8 Å². The Morgan fingerprint density at radius 1 is 0.448 bits per heavy atom. The molecule has 396 valence electrons. The summed E-state index contributed by atoms with van der Waals surface area (Å²) in [5, 5.41) is 8.28. The second-order valence-corrected chi connectivity index (χ2v) is 15.9. The molecule has 0 saturated carbocycles. The van der Waals surface area contributed by atoms with Gasteiger partial charge in [-0.25, -0.2) is 0 Å². The minimum atomic E-state index is -0.718. The number of carbonyl (C=O) groups excluding carboxylic acids is 3. The Kier molecular flexibility index (Phi) is 54.3. The highest BCUT2D eigenvalue weighted by Gasteiger charge is 2.20. The van der Waals surface area contributed by atoms with Crippen LogP contribution in [-0.4, -0.2) is 189 Å². The van der Waals surface area contributed by atoms with Crippen LogP contribution in [0, 0.1) is 0 Å². The van der Waals surface area contributed by atoms with Crippen LogP contribution in [0.4, 0.5) is 0 Å². The molecule has 1 unspecified atom stereocenters. The van der Waals surface area contributed by atoms with Crippen LogP contribution in [0.25, 0.3) is 0 Å². The first-order valence-electron chi connectivity index (χ1n) is 25.5. The fourth-order valence-corrected chi connectivity index (χ4v) is 6.22. The van der Waals surface area contributed by atoms with Crippen LogP contribution in [0.15, 0.2) is 12.2 Å². The summed E-state index contributed by atoms with van der Waals surface area (Å²) in [5.41, 5.74) is 5.64. The minimum Gasteiger partial charge on any atom is -0.382 e. The molecule has 0 heterocycles. The molecule has 1 atom stereocenters. The van der Waals surface area contributed by atoms with E-state index >= 15 is 0 Å². The molecular formula is C49H96N4O14. The maximum atomic E-state index is 12.9. The number of carbonyl (C=O) groups is 3. The van der Waals surface area contributed by atoms with Crippen molar-refractivity contribution in [3.8, 4) is 0 Å². The molecule has 0 rings (SSSR count). The highest BCUT2D eigenvalue weighted by molar-refractivity contribution is 5.90. The van der Waals surface area contributed by atoms with E-state index in [9.17, 15) is 14.4 Å². The second kappa shape index (κ2) is 56.3. The number of methoxy groups -OCH3 is 1. The summed E-state index contributed by atoms with van der Waals surface area (Å²) in [6, 6.07) is -0.718. The van der Waals surface area contributed by atoms with Crippen molar-refractivity contribution in [2.24, 2.45) is 5.73 Å². The SMILES string of the molecule is CCCCCCCC/C=C\CCCCCCCC(=O)NCC(=O)NC(CCCCN)C(=O)NCCOCCOCCOCCOCCOCCOCCOCCOCCOCCOCCOC. The molecule has 3 amide bonds. The van der Waals surface area contributed by atoms with Crippen LogP contribution < -0.4 is 21.7 Å². The summed E-state index contributed by atoms with van der Waals surface area (Å²) < 4.78 is 59.7. The van der Waals surface area contributed by atoms with Gasteiger partial charge in [-0.15, -0.1) is 0 Å². The number of nitrogens with one attached hydrogen (secondary N) is 3. The lowest BCUT2D eigenvalue weighted by Gasteiger charge is -2.19. The first kappa shape index (κ1) is 64.7. The average molecular weight is 965 g/mol. The van der Waals surface area contributed by atoms with Crippen molar-refractivity contribution in [2.45, 2.75) is 122 Å². The molecule has 0 fully saturated rings. The number of rotatable bonds is 56. The van der Waals surface area contributed by atoms with Gasteiger partial charge in [0.2, 0.25) is 17.7 Å². The molecule has 67 heavy (non-hydrogen) atoms. The topological polar surface area (TPSA) is 215 Å². The molecule has 0 aromatic carbocycles. The Morgan fingerprint density at radius 3 is 1.25 bits per heavy atom. The van der Waals surface area contributed by atoms with E-state index in [4.69, 9.17) is 57.8 Å². The minimum absolute atomic E-state index is 0.153. The number of ether oxygens (including phenoxy) is 11. The quantitative estimate of drug-likeness (QED) is 0.0481. The highest BCUT2D eigenvalue weighted by Crippen LogP contribution is 2.10. The zero-order valence-electron chi connectivity index (χ0n) is 42.0. The van der Waals surface area contributed by atoms with Gasteiger partial charge in [-0.3, -0.25) is 14.4 Å². The van der Waals surface area contributed by atoms with E-state index in [1.807, 2.05) is 0 Å². The van der Waals surface area contributed by atoms with Crippen LogP contribution in [0.5, 0.6) is 0 Å². The predicted octanol–water partition coefficient (Wildman–Crippen LogP) is 4.68. The summed E-state index contributed by atoms with van der Waals surface area (Å²) in [7, 11) is 1.64. The maximum Gasteiger partial charge on any atom is 0.242 e. The fraction of sp³-hybridized carbons (Fsp3) is 0.898. The Morgan fingerprint density at radius 2 is 0.836 bits per heavy atom. The predicted molar refractivity (Wildman–Crippen MR) is 260 cm³/mol. The van der Waals surface area contributed by atoms with Gasteiger partial charge in [-0.05, 0) is 57.9 Å². The molecule has 0 aliphatic heterocycles. The molecule has 0 spiro atoms. The smallest absolute Gasteiger partial charge is 0.242 e. The first-order chi connectivity index (χ1) is 33.0. The second-order valence-electron chi connectivity index (χ2n) is 15.9. The Labute approximate surface area is 404 Å².